The zero-order chi connectivity index (χ0) is 13.1. The van der Waals surface area contributed by atoms with Gasteiger partial charge < -0.3 is 4.52 Å². The van der Waals surface area contributed by atoms with E-state index in [-0.39, 0.29) is 0 Å². The van der Waals surface area contributed by atoms with Gasteiger partial charge in [0.2, 0.25) is 11.7 Å². The molecule has 0 N–H and O–H groups in total. The Morgan fingerprint density at radius 3 is 3.00 bits per heavy atom. The standard InChI is InChI=1S/C14H10N4O/c15-8-3-6-12-17-14(18-19-12)13-11-5-2-1-4-10(11)7-9-16-13/h1-2,4-5,7,9H,3,6H2. The van der Waals surface area contributed by atoms with Gasteiger partial charge in [0.1, 0.15) is 5.69 Å². The molecule has 5 nitrogen and oxygen atoms in total. The van der Waals surface area contributed by atoms with Crippen LogP contribution in [0.5, 0.6) is 0 Å². The lowest BCUT2D eigenvalue weighted by Gasteiger charge is -2.00. The third kappa shape index (κ3) is 2.16. The van der Waals surface area contributed by atoms with Gasteiger partial charge in [-0.25, -0.2) is 0 Å². The fourth-order valence-electron chi connectivity index (χ4n) is 1.91. The highest BCUT2D eigenvalue weighted by molar-refractivity contribution is 5.92. The van der Waals surface area contributed by atoms with Gasteiger partial charge >= 0.3 is 0 Å². The fourth-order valence-corrected chi connectivity index (χ4v) is 1.91. The van der Waals surface area contributed by atoms with Crippen LogP contribution in [0.4, 0.5) is 0 Å². The van der Waals surface area contributed by atoms with Crippen LogP contribution in [0.3, 0.4) is 0 Å². The minimum Gasteiger partial charge on any atom is -0.339 e. The summed E-state index contributed by atoms with van der Waals surface area (Å²) in [6.45, 7) is 0. The summed E-state index contributed by atoms with van der Waals surface area (Å²) in [4.78, 5) is 8.60. The zero-order valence-corrected chi connectivity index (χ0v) is 10.1. The zero-order valence-electron chi connectivity index (χ0n) is 10.1. The molecule has 3 aromatic rings. The second kappa shape index (κ2) is 4.86. The predicted octanol–water partition coefficient (Wildman–Crippen LogP) is 2.74. The third-order valence-corrected chi connectivity index (χ3v) is 2.80. The van der Waals surface area contributed by atoms with E-state index in [4.69, 9.17) is 9.78 Å². The van der Waals surface area contributed by atoms with E-state index < -0.39 is 0 Å². The number of rotatable bonds is 3. The number of benzene rings is 1. The molecule has 0 saturated carbocycles. The number of pyridine rings is 1. The van der Waals surface area contributed by atoms with Gasteiger partial charge in [0.05, 0.1) is 6.07 Å². The summed E-state index contributed by atoms with van der Waals surface area (Å²) in [5, 5.41) is 14.5. The summed E-state index contributed by atoms with van der Waals surface area (Å²) in [5.74, 6) is 0.927. The molecule has 19 heavy (non-hydrogen) atoms. The highest BCUT2D eigenvalue weighted by Crippen LogP contribution is 2.24. The van der Waals surface area contributed by atoms with E-state index in [0.717, 1.165) is 10.8 Å². The summed E-state index contributed by atoms with van der Waals surface area (Å²) in [6.07, 6.45) is 2.56. The van der Waals surface area contributed by atoms with E-state index in [2.05, 4.69) is 21.2 Å². The molecule has 0 aliphatic rings. The van der Waals surface area contributed by atoms with Crippen LogP contribution in [0.2, 0.25) is 0 Å². The maximum absolute atomic E-state index is 8.54. The van der Waals surface area contributed by atoms with Crippen molar-refractivity contribution in [2.75, 3.05) is 0 Å². The van der Waals surface area contributed by atoms with Crippen molar-refractivity contribution >= 4 is 10.8 Å². The number of hydrogen-bond donors (Lipinski definition) is 0. The van der Waals surface area contributed by atoms with Crippen molar-refractivity contribution in [2.24, 2.45) is 0 Å². The van der Waals surface area contributed by atoms with Crippen molar-refractivity contribution in [3.05, 3.63) is 42.4 Å². The Morgan fingerprint density at radius 2 is 2.11 bits per heavy atom. The highest BCUT2D eigenvalue weighted by Gasteiger charge is 2.12. The van der Waals surface area contributed by atoms with Crippen molar-refractivity contribution in [1.82, 2.24) is 15.1 Å². The van der Waals surface area contributed by atoms with Crippen molar-refractivity contribution in [1.29, 1.82) is 5.26 Å². The van der Waals surface area contributed by atoms with E-state index in [0.29, 0.717) is 30.3 Å². The molecule has 2 heterocycles. The molecule has 1 aromatic carbocycles. The first-order valence-corrected chi connectivity index (χ1v) is 5.92. The van der Waals surface area contributed by atoms with Gasteiger partial charge in [-0.3, -0.25) is 4.98 Å². The monoisotopic (exact) mass is 250 g/mol. The Kier molecular flexibility index (Phi) is 2.91. The molecule has 0 spiro atoms. The van der Waals surface area contributed by atoms with E-state index in [9.17, 15) is 0 Å². The minimum atomic E-state index is 0.366. The predicted molar refractivity (Wildman–Crippen MR) is 69.0 cm³/mol. The lowest BCUT2D eigenvalue weighted by atomic mass is 10.1. The summed E-state index contributed by atoms with van der Waals surface area (Å²) in [5.41, 5.74) is 0.699. The van der Waals surface area contributed by atoms with Crippen LogP contribution in [-0.2, 0) is 6.42 Å². The van der Waals surface area contributed by atoms with Crippen LogP contribution in [0.1, 0.15) is 12.3 Å². The van der Waals surface area contributed by atoms with Gasteiger partial charge in [-0.15, -0.1) is 0 Å². The van der Waals surface area contributed by atoms with E-state index in [1.54, 1.807) is 6.20 Å². The van der Waals surface area contributed by atoms with Crippen LogP contribution < -0.4 is 0 Å². The highest BCUT2D eigenvalue weighted by atomic mass is 16.5. The normalized spacial score (nSPS) is 10.5. The van der Waals surface area contributed by atoms with Crippen LogP contribution >= 0.6 is 0 Å². The first-order chi connectivity index (χ1) is 9.38. The molecule has 0 aliphatic heterocycles. The van der Waals surface area contributed by atoms with Crippen LogP contribution in [-0.4, -0.2) is 15.1 Å². The lowest BCUT2D eigenvalue weighted by Crippen LogP contribution is -1.89. The molecule has 0 fully saturated rings. The van der Waals surface area contributed by atoms with Crippen molar-refractivity contribution < 1.29 is 4.52 Å². The number of hydrogen-bond acceptors (Lipinski definition) is 5. The number of aryl methyl sites for hydroxylation is 1. The number of aromatic nitrogens is 3. The van der Waals surface area contributed by atoms with Crippen molar-refractivity contribution in [3.8, 4) is 17.6 Å². The average Bonchev–Trinajstić information content (AvgIpc) is 2.93. The largest absolute Gasteiger partial charge is 0.339 e. The van der Waals surface area contributed by atoms with Crippen LogP contribution in [0.15, 0.2) is 41.1 Å². The number of nitriles is 1. The van der Waals surface area contributed by atoms with E-state index in [1.807, 2.05) is 30.3 Å². The second-order valence-electron chi connectivity index (χ2n) is 4.05. The molecule has 92 valence electrons. The molecule has 0 radical (unpaired) electrons. The summed E-state index contributed by atoms with van der Waals surface area (Å²) in [6, 6.07) is 11.9. The topological polar surface area (TPSA) is 75.6 Å². The maximum atomic E-state index is 8.54. The molecule has 0 amide bonds. The van der Waals surface area contributed by atoms with Gasteiger partial charge in [-0.2, -0.15) is 10.2 Å². The molecule has 0 saturated heterocycles. The van der Waals surface area contributed by atoms with Crippen LogP contribution in [0.25, 0.3) is 22.3 Å². The molecule has 2 aromatic heterocycles. The average molecular weight is 250 g/mol. The summed E-state index contributed by atoms with van der Waals surface area (Å²) in [7, 11) is 0. The van der Waals surface area contributed by atoms with Crippen LogP contribution in [0, 0.1) is 11.3 Å². The molecule has 0 unspecified atom stereocenters. The number of fused-ring (bicyclic) bond motifs is 1. The Morgan fingerprint density at radius 1 is 1.21 bits per heavy atom. The van der Waals surface area contributed by atoms with Crippen molar-refractivity contribution in [2.45, 2.75) is 12.8 Å². The molecule has 0 atom stereocenters. The Balaban J connectivity index is 2.05. The molecule has 0 aliphatic carbocycles. The Hall–Kier alpha value is -2.74. The Bertz CT molecular complexity index is 752. The third-order valence-electron chi connectivity index (χ3n) is 2.80. The van der Waals surface area contributed by atoms with Gasteiger partial charge in [0.15, 0.2) is 0 Å². The second-order valence-corrected chi connectivity index (χ2v) is 4.05. The van der Waals surface area contributed by atoms with Crippen molar-refractivity contribution in [3.63, 3.8) is 0 Å². The molecule has 3 rings (SSSR count). The first-order valence-electron chi connectivity index (χ1n) is 5.92. The fraction of sp³-hybridized carbons (Fsp3) is 0.143. The van der Waals surface area contributed by atoms with E-state index >= 15 is 0 Å². The summed E-state index contributed by atoms with van der Waals surface area (Å²) >= 11 is 0. The van der Waals surface area contributed by atoms with Gasteiger partial charge in [-0.1, -0.05) is 29.4 Å². The molecular weight excluding hydrogens is 240 g/mol. The van der Waals surface area contributed by atoms with Gasteiger partial charge in [0, 0.05) is 24.4 Å². The van der Waals surface area contributed by atoms with Gasteiger partial charge in [0.25, 0.3) is 0 Å². The molecule has 0 bridgehead atoms. The molecule has 5 heteroatoms. The molecular formula is C14H10N4O. The Labute approximate surface area is 109 Å². The smallest absolute Gasteiger partial charge is 0.228 e. The van der Waals surface area contributed by atoms with E-state index in [1.165, 1.54) is 0 Å². The number of nitrogens with zero attached hydrogens (tertiary/aromatic N) is 4. The first kappa shape index (κ1) is 11.4. The van der Waals surface area contributed by atoms with Gasteiger partial charge in [-0.05, 0) is 11.5 Å². The maximum Gasteiger partial charge on any atom is 0.228 e. The summed E-state index contributed by atoms with van der Waals surface area (Å²) < 4.78 is 5.12. The quantitative estimate of drug-likeness (QED) is 0.714. The lowest BCUT2D eigenvalue weighted by molar-refractivity contribution is 0.380. The SMILES string of the molecule is N#CCCc1nc(-c2nccc3ccccc23)no1. The minimum absolute atomic E-state index is 0.366.